The number of benzene rings is 2. The maximum Gasteiger partial charge on any atom is 0.472 e. The lowest BCUT2D eigenvalue weighted by molar-refractivity contribution is -0.142. The minimum absolute atomic E-state index is 0.00870. The minimum atomic E-state index is -4.73. The molecule has 2 aromatic carbocycles. The number of para-hydroxylation sites is 2. The van der Waals surface area contributed by atoms with Crippen LogP contribution in [0.2, 0.25) is 0 Å². The number of carboxylic acids is 1. The molecule has 0 bridgehead atoms. The topological polar surface area (TPSA) is 526 Å². The Hall–Kier alpha value is -9.32. The van der Waals surface area contributed by atoms with Crippen LogP contribution in [0.15, 0.2) is 92.5 Å². The summed E-state index contributed by atoms with van der Waals surface area (Å²) in [6, 6.07) is 9.74. The third-order valence-corrected chi connectivity index (χ3v) is 24.0. The lowest BCUT2D eigenvalue weighted by atomic mass is 9.91. The number of thioether (sulfide) groups is 1. The number of aromatic amines is 4. The highest BCUT2D eigenvalue weighted by molar-refractivity contribution is 8.00. The Morgan fingerprint density at radius 2 is 1.19 bits per heavy atom. The normalized spacial score (nSPS) is 20.5. The first-order valence-corrected chi connectivity index (χ1v) is 44.2. The number of nitrogens with one attached hydrogen (secondary N) is 10. The van der Waals surface area contributed by atoms with E-state index in [1.54, 1.807) is 37.1 Å². The first-order valence-electron chi connectivity index (χ1n) is 41.7. The average Bonchev–Trinajstić information content (AvgIpc) is 1.66. The molecule has 38 nitrogen and oxygen atoms in total. The summed E-state index contributed by atoms with van der Waals surface area (Å²) >= 11 is 1.69. The van der Waals surface area contributed by atoms with Gasteiger partial charge in [-0.3, -0.25) is 76.6 Å². The molecule has 0 saturated carbocycles. The second kappa shape index (κ2) is 48.7. The molecule has 4 aliphatic rings. The summed E-state index contributed by atoms with van der Waals surface area (Å²) in [7, 11) is -4.73. The molecule has 122 heavy (non-hydrogen) atoms. The number of amides is 7. The molecular weight excluding hydrogens is 1630 g/mol. The number of carbonyl (C=O) groups is 8. The van der Waals surface area contributed by atoms with Gasteiger partial charge in [-0.25, -0.2) is 18.9 Å². The van der Waals surface area contributed by atoms with Crippen LogP contribution in [-0.2, 0) is 116 Å². The van der Waals surface area contributed by atoms with E-state index in [0.29, 0.717) is 178 Å². The molecule has 668 valence electrons. The van der Waals surface area contributed by atoms with Crippen LogP contribution in [0.25, 0.3) is 27.9 Å². The van der Waals surface area contributed by atoms with Gasteiger partial charge in [-0.2, -0.15) is 11.8 Å². The van der Waals surface area contributed by atoms with Crippen LogP contribution in [0.5, 0.6) is 0 Å². The highest BCUT2D eigenvalue weighted by atomic mass is 32.2. The lowest BCUT2D eigenvalue weighted by Crippen LogP contribution is -2.50. The van der Waals surface area contributed by atoms with E-state index in [9.17, 15) is 72.1 Å². The van der Waals surface area contributed by atoms with Gasteiger partial charge in [0.25, 0.3) is 11.1 Å². The van der Waals surface area contributed by atoms with E-state index in [4.69, 9.17) is 52.7 Å². The van der Waals surface area contributed by atoms with E-state index in [1.165, 1.54) is 29.1 Å². The second-order valence-electron chi connectivity index (χ2n) is 30.4. The zero-order valence-electron chi connectivity index (χ0n) is 68.7. The number of unbranched alkanes of at least 4 members (excludes halogenated alkanes) is 3. The standard InChI is InChI=1S/C82H114N13O25PS/c1-3-62-63(120-121(109,110)117-49-64-51(2)40-71(119-64)94-27-22-68(98)91-81(94)107)45-72(118-62)95-48-54(76(101)93-82(95)108)20-21-67(97)85-26-13-31-114-35-39-116-37-33-112-29-9-7-24-87-70(100)44-53-15-11-17-58-56(47-89-75(53)58)42-61(80(105)106)90-78(103)60(83)41-55-46-88-74-52(14-10-16-57(55)74)43-69(99)86-23-6-8-28-111-32-36-115-38-34-113-30-12-25-84-66(96)19-5-4-18-65-73-59(50-122-65)77(102)92-79(73)104/h10-11,14-17,20-22,27,46-48,51,59-65,71-73,88-89H,3-9,12-13,18-19,23-26,28-45,49-50,83H2,1-2H3,(H,84,96)(H,85,97)(H,86,99)(H,87,100)(H,90,103)(H,105,106)(H,109,110)(H,91,98,107)(H,92,102,104)(H,93,101,108)/b21-20+. The number of imide groups is 1. The zero-order chi connectivity index (χ0) is 86.9. The average molecular weight is 1740 g/mol. The van der Waals surface area contributed by atoms with Gasteiger partial charge in [0, 0.05) is 142 Å². The molecule has 4 fully saturated rings. The maximum atomic E-state index is 13.6. The summed E-state index contributed by atoms with van der Waals surface area (Å²) in [6.07, 6.45) is 11.7. The summed E-state index contributed by atoms with van der Waals surface area (Å²) in [5, 5.41) is 28.5. The van der Waals surface area contributed by atoms with E-state index in [0.717, 1.165) is 58.4 Å². The molecule has 7 amide bonds. The van der Waals surface area contributed by atoms with Crippen molar-refractivity contribution in [1.82, 2.24) is 61.0 Å². The van der Waals surface area contributed by atoms with Crippen LogP contribution >= 0.6 is 19.6 Å². The summed E-state index contributed by atoms with van der Waals surface area (Å²) in [5.74, 6) is -3.04. The van der Waals surface area contributed by atoms with Crippen LogP contribution in [-0.4, -0.2) is 240 Å². The number of hydrogen-bond acceptors (Lipinski definition) is 25. The van der Waals surface area contributed by atoms with E-state index < -0.39 is 91.0 Å². The van der Waals surface area contributed by atoms with Gasteiger partial charge in [-0.05, 0) is 105 Å². The molecule has 8 heterocycles. The van der Waals surface area contributed by atoms with Gasteiger partial charge in [0.1, 0.15) is 18.5 Å². The number of aliphatic carboxylic acids is 1. The van der Waals surface area contributed by atoms with Crippen molar-refractivity contribution in [1.29, 1.82) is 0 Å². The number of fused-ring (bicyclic) bond motifs is 3. The molecule has 4 aliphatic heterocycles. The van der Waals surface area contributed by atoms with E-state index >= 15 is 0 Å². The highest BCUT2D eigenvalue weighted by Crippen LogP contribution is 2.50. The predicted molar refractivity (Wildman–Crippen MR) is 447 cm³/mol. The Bertz CT molecular complexity index is 4820. The molecule has 12 unspecified atom stereocenters. The molecule has 10 rings (SSSR count). The molecule has 0 spiro atoms. The largest absolute Gasteiger partial charge is 0.480 e. The Morgan fingerprint density at radius 3 is 1.79 bits per heavy atom. The van der Waals surface area contributed by atoms with Gasteiger partial charge in [0.15, 0.2) is 0 Å². The van der Waals surface area contributed by atoms with Crippen molar-refractivity contribution in [3.63, 3.8) is 0 Å². The first-order chi connectivity index (χ1) is 58.9. The maximum absolute atomic E-state index is 13.6. The summed E-state index contributed by atoms with van der Waals surface area (Å²) in [6.45, 7) is 9.68. The highest BCUT2D eigenvalue weighted by Gasteiger charge is 2.50. The van der Waals surface area contributed by atoms with Gasteiger partial charge >= 0.3 is 25.2 Å². The van der Waals surface area contributed by atoms with Crippen molar-refractivity contribution in [2.75, 3.05) is 118 Å². The number of phosphoric acid groups is 1. The van der Waals surface area contributed by atoms with Gasteiger partial charge in [-0.15, -0.1) is 0 Å². The molecule has 40 heteroatoms. The van der Waals surface area contributed by atoms with Crippen molar-refractivity contribution in [3.05, 3.63) is 143 Å². The Labute approximate surface area is 707 Å². The Balaban J connectivity index is 0.512. The SMILES string of the molecule is CCC1OC(n2cc(/C=C/C(=O)NCCCOCCOCCOCCCCNC(=O)Cc3cccc4c(CC(NC(=O)C(N)Cc5c[nH]c6c(CC(=O)NCCCCOCCOCCOCCCNC(=O)CCCCC7SCC8C(=O)NC(=O)C78)cccc56)C(=O)O)c[nH]c34)c(=O)[nH]c2=O)CC1OP(=O)(O)OCC1OC(n2ccc(=O)[nH]c2=O)CC1C. The summed E-state index contributed by atoms with van der Waals surface area (Å²) < 4.78 is 72.1. The van der Waals surface area contributed by atoms with Crippen molar-refractivity contribution < 1.29 is 99.9 Å². The number of carbonyl (C=O) groups excluding carboxylic acids is 7. The molecule has 4 saturated heterocycles. The van der Waals surface area contributed by atoms with Gasteiger partial charge in [0.05, 0.1) is 114 Å². The van der Waals surface area contributed by atoms with Crippen molar-refractivity contribution >= 4 is 94.8 Å². The van der Waals surface area contributed by atoms with E-state index in [2.05, 4.69) is 51.8 Å². The number of hydrogen-bond donors (Lipinski definition) is 13. The van der Waals surface area contributed by atoms with Crippen LogP contribution in [0.1, 0.15) is 138 Å². The zero-order valence-corrected chi connectivity index (χ0v) is 70.4. The monoisotopic (exact) mass is 1740 g/mol. The van der Waals surface area contributed by atoms with Gasteiger partial charge < -0.3 is 90.2 Å². The van der Waals surface area contributed by atoms with Crippen LogP contribution in [0.4, 0.5) is 0 Å². The molecule has 0 aliphatic carbocycles. The van der Waals surface area contributed by atoms with Crippen molar-refractivity contribution in [3.8, 4) is 0 Å². The number of nitrogens with two attached hydrogens (primary N) is 1. The molecule has 14 N–H and O–H groups in total. The predicted octanol–water partition coefficient (Wildman–Crippen LogP) is 3.12. The lowest BCUT2D eigenvalue weighted by Gasteiger charge is -2.22. The van der Waals surface area contributed by atoms with Crippen LogP contribution in [0.3, 0.4) is 0 Å². The second-order valence-corrected chi connectivity index (χ2v) is 33.1. The minimum Gasteiger partial charge on any atom is -0.480 e. The number of aromatic nitrogens is 6. The molecular formula is C82H114N13O25PS. The Morgan fingerprint density at radius 1 is 0.639 bits per heavy atom. The van der Waals surface area contributed by atoms with Gasteiger partial charge in [0.2, 0.25) is 41.4 Å². The summed E-state index contributed by atoms with van der Waals surface area (Å²) in [5.41, 5.74) is 7.81. The third kappa shape index (κ3) is 29.2. The number of nitrogens with zero attached hydrogens (tertiary/aromatic N) is 2. The number of H-pyrrole nitrogens is 4. The molecule has 12 atom stereocenters. The fourth-order valence-corrected chi connectivity index (χ4v) is 17.5. The number of rotatable bonds is 56. The number of phosphoric ester groups is 1. The van der Waals surface area contributed by atoms with Crippen LogP contribution < -0.4 is 60.1 Å². The first kappa shape index (κ1) is 94.9. The summed E-state index contributed by atoms with van der Waals surface area (Å²) in [4.78, 5) is 172. The fraction of sp³-hybridized carbons (Fsp3) is 0.585. The molecule has 6 aromatic rings. The van der Waals surface area contributed by atoms with Crippen molar-refractivity contribution in [2.45, 2.75) is 171 Å². The van der Waals surface area contributed by atoms with Crippen LogP contribution in [0, 0.1) is 17.8 Å². The quantitative estimate of drug-likeness (QED) is 0.0113. The van der Waals surface area contributed by atoms with E-state index in [1.807, 2.05) is 37.3 Å². The number of carboxylic acid groups (broad SMARTS) is 1. The van der Waals surface area contributed by atoms with E-state index in [-0.39, 0.29) is 103 Å². The van der Waals surface area contributed by atoms with Gasteiger partial charge in [-0.1, -0.05) is 56.7 Å². The Kier molecular flexibility index (Phi) is 37.9. The number of ether oxygens (including phenoxy) is 8. The van der Waals surface area contributed by atoms with Crippen molar-refractivity contribution in [2.24, 2.45) is 23.5 Å². The fourth-order valence-electron chi connectivity index (χ4n) is 14.9. The molecule has 0 radical (unpaired) electrons. The molecule has 4 aromatic heterocycles. The third-order valence-electron chi connectivity index (χ3n) is 21.4. The smallest absolute Gasteiger partial charge is 0.472 e.